The van der Waals surface area contributed by atoms with Gasteiger partial charge in [-0.2, -0.15) is 18.3 Å². The SMILES string of the molecule is O=C(N1CCc2[nH]ncc2C1)C(F)(F)F. The van der Waals surface area contributed by atoms with Crippen LogP contribution in [-0.2, 0) is 17.8 Å². The topological polar surface area (TPSA) is 49.0 Å². The molecule has 0 saturated carbocycles. The van der Waals surface area contributed by atoms with Gasteiger partial charge in [-0.1, -0.05) is 0 Å². The van der Waals surface area contributed by atoms with E-state index in [1.54, 1.807) is 0 Å². The second-order valence-electron chi connectivity index (χ2n) is 3.35. The zero-order valence-electron chi connectivity index (χ0n) is 7.64. The molecule has 7 heteroatoms. The maximum Gasteiger partial charge on any atom is 0.471 e. The van der Waals surface area contributed by atoms with Gasteiger partial charge in [0.05, 0.1) is 6.20 Å². The lowest BCUT2D eigenvalue weighted by atomic mass is 10.1. The third-order valence-corrected chi connectivity index (χ3v) is 2.33. The summed E-state index contributed by atoms with van der Waals surface area (Å²) < 4.78 is 36.4. The van der Waals surface area contributed by atoms with Gasteiger partial charge in [0, 0.05) is 30.8 Å². The lowest BCUT2D eigenvalue weighted by molar-refractivity contribution is -0.186. The Bertz CT molecular complexity index is 385. The number of amides is 1. The molecule has 0 atom stereocenters. The Labute approximate surface area is 83.1 Å². The first-order valence-corrected chi connectivity index (χ1v) is 4.35. The molecule has 1 aromatic heterocycles. The van der Waals surface area contributed by atoms with Crippen LogP contribution in [-0.4, -0.2) is 33.7 Å². The summed E-state index contributed by atoms with van der Waals surface area (Å²) in [6.45, 7) is 0.0533. The van der Waals surface area contributed by atoms with E-state index in [0.29, 0.717) is 12.0 Å². The van der Waals surface area contributed by atoms with Crippen molar-refractivity contribution in [3.05, 3.63) is 17.5 Å². The summed E-state index contributed by atoms with van der Waals surface area (Å²) in [5.41, 5.74) is 1.46. The number of alkyl halides is 3. The van der Waals surface area contributed by atoms with Crippen LogP contribution >= 0.6 is 0 Å². The van der Waals surface area contributed by atoms with Gasteiger partial charge in [0.1, 0.15) is 0 Å². The molecule has 0 aromatic carbocycles. The number of hydrogen-bond donors (Lipinski definition) is 1. The summed E-state index contributed by atoms with van der Waals surface area (Å²) in [6, 6.07) is 0. The van der Waals surface area contributed by atoms with Gasteiger partial charge in [-0.3, -0.25) is 9.89 Å². The van der Waals surface area contributed by atoms with Crippen LogP contribution in [0.3, 0.4) is 0 Å². The molecule has 0 unspecified atom stereocenters. The first kappa shape index (κ1) is 10.0. The first-order valence-electron chi connectivity index (χ1n) is 4.35. The van der Waals surface area contributed by atoms with Crippen molar-refractivity contribution in [3.8, 4) is 0 Å². The van der Waals surface area contributed by atoms with E-state index in [1.807, 2.05) is 0 Å². The van der Waals surface area contributed by atoms with Crippen molar-refractivity contribution in [1.82, 2.24) is 15.1 Å². The summed E-state index contributed by atoms with van der Waals surface area (Å²) in [6.07, 6.45) is -2.95. The van der Waals surface area contributed by atoms with E-state index in [0.717, 1.165) is 10.6 Å². The van der Waals surface area contributed by atoms with Crippen molar-refractivity contribution in [2.24, 2.45) is 0 Å². The van der Waals surface area contributed by atoms with Crippen molar-refractivity contribution in [2.75, 3.05) is 6.54 Å². The number of carbonyl (C=O) groups excluding carboxylic acids is 1. The third kappa shape index (κ3) is 1.81. The molecule has 0 aliphatic carbocycles. The van der Waals surface area contributed by atoms with Gasteiger partial charge in [0.15, 0.2) is 0 Å². The first-order chi connectivity index (χ1) is 6.98. The largest absolute Gasteiger partial charge is 0.471 e. The van der Waals surface area contributed by atoms with Crippen LogP contribution in [0.5, 0.6) is 0 Å². The molecule has 0 saturated heterocycles. The van der Waals surface area contributed by atoms with E-state index in [1.165, 1.54) is 6.20 Å². The molecule has 1 N–H and O–H groups in total. The van der Waals surface area contributed by atoms with Gasteiger partial charge in [-0.05, 0) is 0 Å². The van der Waals surface area contributed by atoms with Crippen LogP contribution in [0.1, 0.15) is 11.3 Å². The minimum Gasteiger partial charge on any atom is -0.330 e. The Balaban J connectivity index is 2.14. The minimum atomic E-state index is -4.79. The Morgan fingerprint density at radius 1 is 1.53 bits per heavy atom. The van der Waals surface area contributed by atoms with E-state index in [9.17, 15) is 18.0 Å². The van der Waals surface area contributed by atoms with Gasteiger partial charge in [0.25, 0.3) is 0 Å². The summed E-state index contributed by atoms with van der Waals surface area (Å²) in [4.78, 5) is 11.7. The quantitative estimate of drug-likeness (QED) is 0.703. The predicted molar refractivity (Wildman–Crippen MR) is 43.8 cm³/mol. The zero-order valence-corrected chi connectivity index (χ0v) is 7.64. The Morgan fingerprint density at radius 2 is 2.27 bits per heavy atom. The number of fused-ring (bicyclic) bond motifs is 1. The molecule has 0 bridgehead atoms. The fraction of sp³-hybridized carbons (Fsp3) is 0.500. The van der Waals surface area contributed by atoms with Crippen molar-refractivity contribution >= 4 is 5.91 Å². The summed E-state index contributed by atoms with van der Waals surface area (Å²) in [7, 11) is 0. The number of nitrogens with zero attached hydrogens (tertiary/aromatic N) is 2. The highest BCUT2D eigenvalue weighted by Gasteiger charge is 2.43. The summed E-state index contributed by atoms with van der Waals surface area (Å²) in [5.74, 6) is -1.78. The van der Waals surface area contributed by atoms with Gasteiger partial charge in [-0.25, -0.2) is 0 Å². The van der Waals surface area contributed by atoms with Crippen LogP contribution in [0.2, 0.25) is 0 Å². The van der Waals surface area contributed by atoms with Gasteiger partial charge in [-0.15, -0.1) is 0 Å². The smallest absolute Gasteiger partial charge is 0.330 e. The zero-order chi connectivity index (χ0) is 11.1. The standard InChI is InChI=1S/C8H8F3N3O/c9-8(10,11)7(15)14-2-1-6-5(4-14)3-12-13-6/h3H,1-2,4H2,(H,12,13). The Hall–Kier alpha value is -1.53. The van der Waals surface area contributed by atoms with Crippen LogP contribution in [0.25, 0.3) is 0 Å². The average Bonchev–Trinajstić information content (AvgIpc) is 2.61. The van der Waals surface area contributed by atoms with Gasteiger partial charge in [0.2, 0.25) is 0 Å². The Morgan fingerprint density at radius 3 is 2.93 bits per heavy atom. The number of halogens is 3. The predicted octanol–water partition coefficient (Wildman–Crippen LogP) is 0.857. The number of aromatic amines is 1. The second kappa shape index (κ2) is 3.25. The highest BCUT2D eigenvalue weighted by atomic mass is 19.4. The molecule has 4 nitrogen and oxygen atoms in total. The number of rotatable bonds is 0. The lowest BCUT2D eigenvalue weighted by Gasteiger charge is -2.27. The molecule has 0 spiro atoms. The van der Waals surface area contributed by atoms with E-state index in [2.05, 4.69) is 10.2 Å². The minimum absolute atomic E-state index is 0.0236. The molecule has 0 fully saturated rings. The lowest BCUT2D eigenvalue weighted by Crippen LogP contribution is -2.43. The van der Waals surface area contributed by atoms with Crippen molar-refractivity contribution in [3.63, 3.8) is 0 Å². The fourth-order valence-electron chi connectivity index (χ4n) is 1.57. The van der Waals surface area contributed by atoms with Crippen LogP contribution in [0.15, 0.2) is 6.20 Å². The fourth-order valence-corrected chi connectivity index (χ4v) is 1.57. The van der Waals surface area contributed by atoms with Gasteiger partial charge < -0.3 is 4.90 Å². The van der Waals surface area contributed by atoms with E-state index >= 15 is 0 Å². The molecule has 1 aliphatic heterocycles. The molecular formula is C8H8F3N3O. The monoisotopic (exact) mass is 219 g/mol. The molecule has 15 heavy (non-hydrogen) atoms. The Kier molecular flexibility index (Phi) is 2.17. The number of carbonyl (C=O) groups is 1. The van der Waals surface area contributed by atoms with Crippen molar-refractivity contribution in [1.29, 1.82) is 0 Å². The molecule has 1 aliphatic rings. The maximum absolute atomic E-state index is 12.1. The number of nitrogens with one attached hydrogen (secondary N) is 1. The summed E-state index contributed by atoms with van der Waals surface area (Å²) in [5, 5.41) is 6.40. The third-order valence-electron chi connectivity index (χ3n) is 2.33. The highest BCUT2D eigenvalue weighted by molar-refractivity contribution is 5.82. The number of hydrogen-bond acceptors (Lipinski definition) is 2. The average molecular weight is 219 g/mol. The second-order valence-corrected chi connectivity index (χ2v) is 3.35. The molecule has 1 amide bonds. The van der Waals surface area contributed by atoms with E-state index in [-0.39, 0.29) is 13.1 Å². The molecule has 1 aromatic rings. The van der Waals surface area contributed by atoms with E-state index in [4.69, 9.17) is 0 Å². The summed E-state index contributed by atoms with van der Waals surface area (Å²) >= 11 is 0. The maximum atomic E-state index is 12.1. The van der Waals surface area contributed by atoms with Crippen LogP contribution in [0, 0.1) is 0 Å². The molecule has 0 radical (unpaired) electrons. The molecular weight excluding hydrogens is 211 g/mol. The van der Waals surface area contributed by atoms with Crippen molar-refractivity contribution in [2.45, 2.75) is 19.1 Å². The van der Waals surface area contributed by atoms with Crippen LogP contribution < -0.4 is 0 Å². The number of H-pyrrole nitrogens is 1. The number of aromatic nitrogens is 2. The molecule has 2 rings (SSSR count). The van der Waals surface area contributed by atoms with E-state index < -0.39 is 12.1 Å². The molecule has 82 valence electrons. The van der Waals surface area contributed by atoms with Crippen LogP contribution in [0.4, 0.5) is 13.2 Å². The normalized spacial score (nSPS) is 16.3. The molecule has 2 heterocycles. The van der Waals surface area contributed by atoms with Crippen molar-refractivity contribution < 1.29 is 18.0 Å². The highest BCUT2D eigenvalue weighted by Crippen LogP contribution is 2.23. The van der Waals surface area contributed by atoms with Gasteiger partial charge >= 0.3 is 12.1 Å².